The van der Waals surface area contributed by atoms with Crippen molar-refractivity contribution in [2.45, 2.75) is 12.8 Å². The number of rotatable bonds is 6. The SMILES string of the molecule is COc1ccc(CC(CO)Cc2ccc(F)c(Br)c2)cc1. The summed E-state index contributed by atoms with van der Waals surface area (Å²) in [5, 5.41) is 9.56. The highest BCUT2D eigenvalue weighted by Crippen LogP contribution is 2.21. The lowest BCUT2D eigenvalue weighted by Gasteiger charge is -2.15. The van der Waals surface area contributed by atoms with Gasteiger partial charge in [-0.1, -0.05) is 18.2 Å². The molecule has 0 aliphatic rings. The van der Waals surface area contributed by atoms with Gasteiger partial charge in [0.2, 0.25) is 0 Å². The molecule has 112 valence electrons. The molecule has 21 heavy (non-hydrogen) atoms. The second-order valence-corrected chi connectivity index (χ2v) is 5.91. The zero-order valence-corrected chi connectivity index (χ0v) is 13.4. The van der Waals surface area contributed by atoms with Gasteiger partial charge in [-0.15, -0.1) is 0 Å². The summed E-state index contributed by atoms with van der Waals surface area (Å²) in [7, 11) is 1.64. The first-order valence-corrected chi connectivity index (χ1v) is 7.59. The van der Waals surface area contributed by atoms with E-state index in [1.165, 1.54) is 6.07 Å². The molecule has 1 unspecified atom stereocenters. The fourth-order valence-corrected chi connectivity index (χ4v) is 2.72. The second-order valence-electron chi connectivity index (χ2n) is 5.05. The van der Waals surface area contributed by atoms with Crippen LogP contribution in [-0.2, 0) is 12.8 Å². The van der Waals surface area contributed by atoms with Crippen molar-refractivity contribution < 1.29 is 14.2 Å². The van der Waals surface area contributed by atoms with Crippen molar-refractivity contribution in [2.24, 2.45) is 5.92 Å². The maximum atomic E-state index is 13.2. The lowest BCUT2D eigenvalue weighted by atomic mass is 9.93. The van der Waals surface area contributed by atoms with Gasteiger partial charge in [0.05, 0.1) is 11.6 Å². The molecule has 1 N–H and O–H groups in total. The van der Waals surface area contributed by atoms with E-state index < -0.39 is 0 Å². The van der Waals surface area contributed by atoms with Crippen molar-refractivity contribution in [1.29, 1.82) is 0 Å². The molecule has 0 bridgehead atoms. The van der Waals surface area contributed by atoms with E-state index in [1.54, 1.807) is 19.2 Å². The Kier molecular flexibility index (Phi) is 5.76. The molecule has 0 spiro atoms. The van der Waals surface area contributed by atoms with Crippen LogP contribution in [-0.4, -0.2) is 18.8 Å². The molecular weight excluding hydrogens is 335 g/mol. The van der Waals surface area contributed by atoms with Crippen LogP contribution >= 0.6 is 15.9 Å². The minimum absolute atomic E-state index is 0.0982. The van der Waals surface area contributed by atoms with Gasteiger partial charge in [0, 0.05) is 6.61 Å². The Morgan fingerprint density at radius 2 is 1.71 bits per heavy atom. The third-order valence-corrected chi connectivity index (χ3v) is 4.06. The zero-order valence-electron chi connectivity index (χ0n) is 11.9. The summed E-state index contributed by atoms with van der Waals surface area (Å²) in [6.45, 7) is 0.0982. The van der Waals surface area contributed by atoms with Gasteiger partial charge >= 0.3 is 0 Å². The molecule has 0 saturated carbocycles. The van der Waals surface area contributed by atoms with Gasteiger partial charge in [0.25, 0.3) is 0 Å². The number of methoxy groups -OCH3 is 1. The standard InChI is InChI=1S/C17H18BrFO2/c1-21-15-5-2-12(3-6-15)8-14(11-20)9-13-4-7-17(19)16(18)10-13/h2-7,10,14,20H,8-9,11H2,1H3. The van der Waals surface area contributed by atoms with E-state index in [2.05, 4.69) is 15.9 Å². The smallest absolute Gasteiger partial charge is 0.137 e. The van der Waals surface area contributed by atoms with E-state index in [4.69, 9.17) is 4.74 Å². The lowest BCUT2D eigenvalue weighted by molar-refractivity contribution is 0.225. The Hall–Kier alpha value is -1.39. The van der Waals surface area contributed by atoms with Gasteiger partial charge in [-0.2, -0.15) is 0 Å². The largest absolute Gasteiger partial charge is 0.497 e. The number of ether oxygens (including phenoxy) is 1. The van der Waals surface area contributed by atoms with Crippen LogP contribution in [0.3, 0.4) is 0 Å². The van der Waals surface area contributed by atoms with Crippen LogP contribution in [0.5, 0.6) is 5.75 Å². The maximum Gasteiger partial charge on any atom is 0.137 e. The first-order chi connectivity index (χ1) is 10.1. The molecule has 2 rings (SSSR count). The Morgan fingerprint density at radius 3 is 2.29 bits per heavy atom. The van der Waals surface area contributed by atoms with Gasteiger partial charge < -0.3 is 9.84 Å². The summed E-state index contributed by atoms with van der Waals surface area (Å²) in [4.78, 5) is 0. The highest BCUT2D eigenvalue weighted by atomic mass is 79.9. The van der Waals surface area contributed by atoms with Crippen LogP contribution < -0.4 is 4.74 Å². The van der Waals surface area contributed by atoms with Crippen LogP contribution in [0.4, 0.5) is 4.39 Å². The first kappa shape index (κ1) is 16.0. The van der Waals surface area contributed by atoms with E-state index in [-0.39, 0.29) is 18.3 Å². The summed E-state index contributed by atoms with van der Waals surface area (Å²) >= 11 is 3.19. The van der Waals surface area contributed by atoms with Gasteiger partial charge in [-0.05, 0) is 70.1 Å². The van der Waals surface area contributed by atoms with Crippen molar-refractivity contribution in [3.05, 3.63) is 63.9 Å². The Labute approximate surface area is 132 Å². The van der Waals surface area contributed by atoms with Gasteiger partial charge in [0.15, 0.2) is 0 Å². The summed E-state index contributed by atoms with van der Waals surface area (Å²) in [6, 6.07) is 12.8. The molecule has 0 radical (unpaired) electrons. The third-order valence-electron chi connectivity index (χ3n) is 3.45. The number of hydrogen-bond donors (Lipinski definition) is 1. The summed E-state index contributed by atoms with van der Waals surface area (Å²) in [5.74, 6) is 0.659. The Morgan fingerprint density at radius 1 is 1.10 bits per heavy atom. The maximum absolute atomic E-state index is 13.2. The highest BCUT2D eigenvalue weighted by Gasteiger charge is 2.11. The molecule has 0 aliphatic carbocycles. The van der Waals surface area contributed by atoms with Crippen molar-refractivity contribution in [2.75, 3.05) is 13.7 Å². The minimum atomic E-state index is -0.269. The third kappa shape index (κ3) is 4.55. The van der Waals surface area contributed by atoms with Crippen LogP contribution in [0.25, 0.3) is 0 Å². The predicted molar refractivity (Wildman–Crippen MR) is 85.1 cm³/mol. The van der Waals surface area contributed by atoms with E-state index in [1.807, 2.05) is 24.3 Å². The predicted octanol–water partition coefficient (Wildman–Crippen LogP) is 3.99. The summed E-state index contributed by atoms with van der Waals surface area (Å²) in [6.07, 6.45) is 1.48. The number of halogens is 2. The van der Waals surface area contributed by atoms with Crippen LogP contribution in [0.1, 0.15) is 11.1 Å². The second kappa shape index (κ2) is 7.57. The number of benzene rings is 2. The molecule has 0 aromatic heterocycles. The van der Waals surface area contributed by atoms with E-state index in [9.17, 15) is 9.50 Å². The normalized spacial score (nSPS) is 12.2. The monoisotopic (exact) mass is 352 g/mol. The molecule has 0 fully saturated rings. The lowest BCUT2D eigenvalue weighted by Crippen LogP contribution is -2.13. The molecule has 2 aromatic rings. The van der Waals surface area contributed by atoms with E-state index in [0.717, 1.165) is 23.3 Å². The molecule has 2 nitrogen and oxygen atoms in total. The molecule has 0 aliphatic heterocycles. The van der Waals surface area contributed by atoms with E-state index in [0.29, 0.717) is 10.9 Å². The van der Waals surface area contributed by atoms with Gasteiger partial charge in [-0.25, -0.2) is 4.39 Å². The van der Waals surface area contributed by atoms with Crippen LogP contribution in [0, 0.1) is 11.7 Å². The molecule has 0 amide bonds. The topological polar surface area (TPSA) is 29.5 Å². The Bertz CT molecular complexity index is 584. The zero-order chi connectivity index (χ0) is 15.2. The van der Waals surface area contributed by atoms with Gasteiger partial charge in [0.1, 0.15) is 11.6 Å². The molecule has 0 saturated heterocycles. The van der Waals surface area contributed by atoms with Crippen LogP contribution in [0.2, 0.25) is 0 Å². The fourth-order valence-electron chi connectivity index (χ4n) is 2.30. The number of hydrogen-bond acceptors (Lipinski definition) is 2. The average Bonchev–Trinajstić information content (AvgIpc) is 2.51. The Balaban J connectivity index is 2.03. The molecule has 4 heteroatoms. The van der Waals surface area contributed by atoms with Crippen LogP contribution in [0.15, 0.2) is 46.9 Å². The minimum Gasteiger partial charge on any atom is -0.497 e. The molecule has 0 heterocycles. The fraction of sp³-hybridized carbons (Fsp3) is 0.294. The quantitative estimate of drug-likeness (QED) is 0.851. The van der Waals surface area contributed by atoms with E-state index >= 15 is 0 Å². The average molecular weight is 353 g/mol. The number of aliphatic hydroxyl groups is 1. The van der Waals surface area contributed by atoms with Gasteiger partial charge in [-0.3, -0.25) is 0 Å². The summed E-state index contributed by atoms with van der Waals surface area (Å²) < 4.78 is 18.8. The van der Waals surface area contributed by atoms with Crippen molar-refractivity contribution in [3.8, 4) is 5.75 Å². The van der Waals surface area contributed by atoms with Crippen molar-refractivity contribution in [1.82, 2.24) is 0 Å². The summed E-state index contributed by atoms with van der Waals surface area (Å²) in [5.41, 5.74) is 2.16. The molecule has 1 atom stereocenters. The van der Waals surface area contributed by atoms with Crippen molar-refractivity contribution >= 4 is 15.9 Å². The first-order valence-electron chi connectivity index (χ1n) is 6.80. The van der Waals surface area contributed by atoms with Crippen molar-refractivity contribution in [3.63, 3.8) is 0 Å². The molecular formula is C17H18BrFO2. The number of aliphatic hydroxyl groups excluding tert-OH is 1. The molecule has 2 aromatic carbocycles. The highest BCUT2D eigenvalue weighted by molar-refractivity contribution is 9.10.